The molecule has 2 N–H and O–H groups in total. The number of phenolic OH excluding ortho intramolecular Hbond substituents is 2. The van der Waals surface area contributed by atoms with Crippen LogP contribution in [0.15, 0.2) is 25.7 Å². The van der Waals surface area contributed by atoms with Crippen LogP contribution in [0.25, 0.3) is 0 Å². The molecule has 2 heterocycles. The summed E-state index contributed by atoms with van der Waals surface area (Å²) in [4.78, 5) is 26.9. The highest BCUT2D eigenvalue weighted by atomic mass is 32.2. The molecule has 0 aromatic heterocycles. The van der Waals surface area contributed by atoms with Gasteiger partial charge in [0.05, 0.1) is 26.2 Å². The fourth-order valence-corrected chi connectivity index (χ4v) is 5.70. The standard InChI is InChI=1S/C19H18N4O4S2/c1-11-10-12(24)15-16(14(11)25)29-19(28-15)13-17(26)22(8-4-2-6-20)23(18(13)27)9-5-3-7-21/h10,24-25H,2-5,8-9H2,1H3. The smallest absolute Gasteiger partial charge is 0.279 e. The Kier molecular flexibility index (Phi) is 6.26. The van der Waals surface area contributed by atoms with Crippen LogP contribution in [0, 0.1) is 29.6 Å². The number of unbranched alkanes of at least 4 members (excludes halogenated alkanes) is 2. The number of fused-ring (bicyclic) bond motifs is 1. The zero-order valence-corrected chi connectivity index (χ0v) is 17.3. The van der Waals surface area contributed by atoms with Gasteiger partial charge in [-0.25, -0.2) is 10.0 Å². The number of aryl methyl sites for hydroxylation is 1. The topological polar surface area (TPSA) is 129 Å². The number of rotatable bonds is 6. The molecule has 0 aliphatic carbocycles. The molecule has 29 heavy (non-hydrogen) atoms. The maximum Gasteiger partial charge on any atom is 0.279 e. The molecule has 1 fully saturated rings. The van der Waals surface area contributed by atoms with Crippen LogP contribution in [-0.2, 0) is 9.59 Å². The van der Waals surface area contributed by atoms with E-state index in [9.17, 15) is 19.8 Å². The number of hydrazine groups is 1. The number of hydrogen-bond donors (Lipinski definition) is 2. The van der Waals surface area contributed by atoms with Gasteiger partial charge in [-0.15, -0.1) is 0 Å². The molecule has 8 nitrogen and oxygen atoms in total. The first-order valence-electron chi connectivity index (χ1n) is 8.93. The number of thioether (sulfide) groups is 2. The largest absolute Gasteiger partial charge is 0.507 e. The number of amides is 2. The van der Waals surface area contributed by atoms with Gasteiger partial charge in [-0.2, -0.15) is 10.5 Å². The van der Waals surface area contributed by atoms with Gasteiger partial charge in [0.2, 0.25) is 0 Å². The molecule has 1 saturated heterocycles. The number of hydrogen-bond acceptors (Lipinski definition) is 8. The van der Waals surface area contributed by atoms with E-state index in [1.807, 2.05) is 12.1 Å². The van der Waals surface area contributed by atoms with E-state index in [0.717, 1.165) is 23.5 Å². The van der Waals surface area contributed by atoms with Crippen LogP contribution in [0.1, 0.15) is 31.2 Å². The Morgan fingerprint density at radius 3 is 2.00 bits per heavy atom. The first kappa shape index (κ1) is 20.9. The van der Waals surface area contributed by atoms with Crippen LogP contribution in [0.4, 0.5) is 0 Å². The fraction of sp³-hybridized carbons (Fsp3) is 0.368. The first-order valence-corrected chi connectivity index (χ1v) is 10.6. The van der Waals surface area contributed by atoms with Crippen molar-refractivity contribution in [1.82, 2.24) is 10.0 Å². The second-order valence-electron chi connectivity index (χ2n) is 6.47. The van der Waals surface area contributed by atoms with Gasteiger partial charge in [-0.3, -0.25) is 9.59 Å². The zero-order chi connectivity index (χ0) is 21.1. The molecule has 150 valence electrons. The van der Waals surface area contributed by atoms with Crippen molar-refractivity contribution in [3.63, 3.8) is 0 Å². The lowest BCUT2D eigenvalue weighted by atomic mass is 10.2. The average molecular weight is 431 g/mol. The number of benzene rings is 1. The zero-order valence-electron chi connectivity index (χ0n) is 15.6. The van der Waals surface area contributed by atoms with Crippen molar-refractivity contribution in [2.75, 3.05) is 13.1 Å². The Labute approximate surface area is 176 Å². The lowest BCUT2D eigenvalue weighted by Crippen LogP contribution is -2.42. The van der Waals surface area contributed by atoms with Gasteiger partial charge in [0.15, 0.2) is 0 Å². The molecular weight excluding hydrogens is 412 g/mol. The molecule has 2 aliphatic heterocycles. The Hall–Kier alpha value is -2.82. The number of phenols is 2. The van der Waals surface area contributed by atoms with Crippen LogP contribution in [0.5, 0.6) is 11.5 Å². The molecule has 2 amide bonds. The Morgan fingerprint density at radius 1 is 0.966 bits per heavy atom. The second kappa shape index (κ2) is 8.68. The van der Waals surface area contributed by atoms with Crippen molar-refractivity contribution in [1.29, 1.82) is 10.5 Å². The van der Waals surface area contributed by atoms with Gasteiger partial charge in [-0.1, -0.05) is 23.5 Å². The number of aromatic hydroxyl groups is 2. The van der Waals surface area contributed by atoms with Crippen molar-refractivity contribution >= 4 is 35.3 Å². The van der Waals surface area contributed by atoms with E-state index in [0.29, 0.717) is 32.4 Å². The van der Waals surface area contributed by atoms with Crippen molar-refractivity contribution in [2.45, 2.75) is 42.4 Å². The Balaban J connectivity index is 1.94. The molecule has 0 saturated carbocycles. The molecule has 2 aliphatic rings. The van der Waals surface area contributed by atoms with E-state index >= 15 is 0 Å². The SMILES string of the molecule is Cc1cc(O)c2c(c1O)SC(=C1C(=O)N(CCCC#N)N(CCCC#N)C1=O)S2. The van der Waals surface area contributed by atoms with E-state index in [4.69, 9.17) is 10.5 Å². The van der Waals surface area contributed by atoms with Crippen LogP contribution < -0.4 is 0 Å². The van der Waals surface area contributed by atoms with Crippen molar-refractivity contribution < 1.29 is 19.8 Å². The van der Waals surface area contributed by atoms with Gasteiger partial charge in [0.25, 0.3) is 11.8 Å². The van der Waals surface area contributed by atoms with Crippen molar-refractivity contribution in [3.8, 4) is 23.6 Å². The quantitative estimate of drug-likeness (QED) is 0.305. The van der Waals surface area contributed by atoms with Gasteiger partial charge in [0, 0.05) is 25.9 Å². The first-order chi connectivity index (χ1) is 13.9. The predicted molar refractivity (Wildman–Crippen MR) is 106 cm³/mol. The highest BCUT2D eigenvalue weighted by Gasteiger charge is 2.44. The molecule has 0 atom stereocenters. The number of carbonyl (C=O) groups excluding carboxylic acids is 2. The average Bonchev–Trinajstić information content (AvgIpc) is 3.22. The van der Waals surface area contributed by atoms with E-state index < -0.39 is 11.8 Å². The molecule has 0 unspecified atom stereocenters. The number of carbonyl (C=O) groups is 2. The molecule has 10 heteroatoms. The summed E-state index contributed by atoms with van der Waals surface area (Å²) in [5.41, 5.74) is 0.488. The summed E-state index contributed by atoms with van der Waals surface area (Å²) in [7, 11) is 0. The van der Waals surface area contributed by atoms with Gasteiger partial charge in [0.1, 0.15) is 17.1 Å². The maximum absolute atomic E-state index is 13.0. The second-order valence-corrected chi connectivity index (χ2v) is 8.77. The Morgan fingerprint density at radius 2 is 1.48 bits per heavy atom. The third kappa shape index (κ3) is 3.86. The monoisotopic (exact) mass is 430 g/mol. The summed E-state index contributed by atoms with van der Waals surface area (Å²) in [5, 5.41) is 40.7. The van der Waals surface area contributed by atoms with E-state index in [2.05, 4.69) is 0 Å². The minimum atomic E-state index is -0.469. The molecule has 0 radical (unpaired) electrons. The summed E-state index contributed by atoms with van der Waals surface area (Å²) in [6, 6.07) is 5.48. The molecule has 0 spiro atoms. The predicted octanol–water partition coefficient (Wildman–Crippen LogP) is 3.01. The van der Waals surface area contributed by atoms with E-state index in [-0.39, 0.29) is 43.0 Å². The fourth-order valence-electron chi connectivity index (χ4n) is 3.05. The summed E-state index contributed by atoms with van der Waals surface area (Å²) in [5.74, 6) is -0.939. The molecule has 1 aromatic rings. The lowest BCUT2D eigenvalue weighted by Gasteiger charge is -2.26. The maximum atomic E-state index is 13.0. The Bertz CT molecular complexity index is 953. The number of nitriles is 2. The van der Waals surface area contributed by atoms with Crippen molar-refractivity contribution in [3.05, 3.63) is 21.4 Å². The van der Waals surface area contributed by atoms with E-state index in [1.54, 1.807) is 6.92 Å². The summed E-state index contributed by atoms with van der Waals surface area (Å²) in [6.07, 6.45) is 1.36. The highest BCUT2D eigenvalue weighted by Crippen LogP contribution is 2.59. The lowest BCUT2D eigenvalue weighted by molar-refractivity contribution is -0.146. The molecule has 0 bridgehead atoms. The summed E-state index contributed by atoms with van der Waals surface area (Å²) < 4.78 is 0.402. The van der Waals surface area contributed by atoms with Crippen LogP contribution in [0.2, 0.25) is 0 Å². The summed E-state index contributed by atoms with van der Waals surface area (Å²) >= 11 is 2.17. The molecule has 1 aromatic carbocycles. The minimum Gasteiger partial charge on any atom is -0.507 e. The number of nitrogens with zero attached hydrogens (tertiary/aromatic N) is 4. The molecular formula is C19H18N4O4S2. The van der Waals surface area contributed by atoms with Crippen LogP contribution >= 0.6 is 23.5 Å². The van der Waals surface area contributed by atoms with Gasteiger partial charge < -0.3 is 10.2 Å². The van der Waals surface area contributed by atoms with Crippen molar-refractivity contribution in [2.24, 2.45) is 0 Å². The minimum absolute atomic E-state index is 0.0124. The normalized spacial score (nSPS) is 15.7. The third-order valence-corrected chi connectivity index (χ3v) is 7.11. The van der Waals surface area contributed by atoms with Crippen LogP contribution in [0.3, 0.4) is 0 Å². The van der Waals surface area contributed by atoms with Crippen LogP contribution in [-0.4, -0.2) is 45.1 Å². The van der Waals surface area contributed by atoms with E-state index in [1.165, 1.54) is 16.1 Å². The van der Waals surface area contributed by atoms with Gasteiger partial charge >= 0.3 is 0 Å². The molecule has 3 rings (SSSR count). The summed E-state index contributed by atoms with van der Waals surface area (Å²) in [6.45, 7) is 2.10. The third-order valence-electron chi connectivity index (χ3n) is 4.48. The highest BCUT2D eigenvalue weighted by molar-refractivity contribution is 8.25. The van der Waals surface area contributed by atoms with Gasteiger partial charge in [-0.05, 0) is 31.4 Å².